The lowest BCUT2D eigenvalue weighted by Crippen LogP contribution is -2.19. The molecule has 0 aliphatic heterocycles. The fraction of sp³-hybridized carbons (Fsp3) is 0.278. The monoisotopic (exact) mass is 386 g/mol. The summed E-state index contributed by atoms with van der Waals surface area (Å²) >= 11 is 3.50. The number of fused-ring (bicyclic) bond motifs is 1. The molecule has 0 atom stereocenters. The van der Waals surface area contributed by atoms with Crippen molar-refractivity contribution in [3.8, 4) is 11.3 Å². The summed E-state index contributed by atoms with van der Waals surface area (Å²) in [5, 5.41) is 4.73. The standard InChI is InChI=1S/C18H19BrN4O/c1-11(24)8-15-12(2)20-17-10-16(13-6-5-7-14(19)9-13)21-23(17)18(15)22(3)4/h5-7,9-10H,8H2,1-4H3. The van der Waals surface area contributed by atoms with Gasteiger partial charge in [-0.05, 0) is 26.0 Å². The summed E-state index contributed by atoms with van der Waals surface area (Å²) in [5.74, 6) is 1.01. The zero-order chi connectivity index (χ0) is 17.4. The van der Waals surface area contributed by atoms with E-state index in [1.54, 1.807) is 6.92 Å². The van der Waals surface area contributed by atoms with E-state index >= 15 is 0 Å². The van der Waals surface area contributed by atoms with Crippen molar-refractivity contribution < 1.29 is 4.79 Å². The maximum atomic E-state index is 11.7. The van der Waals surface area contributed by atoms with Crippen molar-refractivity contribution in [2.75, 3.05) is 19.0 Å². The number of Topliss-reactive ketones (excluding diaryl/α,β-unsaturated/α-hetero) is 1. The highest BCUT2D eigenvalue weighted by Gasteiger charge is 2.18. The van der Waals surface area contributed by atoms with Crippen LogP contribution in [-0.2, 0) is 11.2 Å². The second-order valence-corrected chi connectivity index (χ2v) is 7.00. The molecule has 2 aromatic heterocycles. The molecule has 0 saturated carbocycles. The molecule has 0 fully saturated rings. The van der Waals surface area contributed by atoms with Gasteiger partial charge in [0.2, 0.25) is 0 Å². The van der Waals surface area contributed by atoms with Crippen molar-refractivity contribution in [3.63, 3.8) is 0 Å². The van der Waals surface area contributed by atoms with E-state index in [1.807, 2.05) is 60.8 Å². The molecule has 0 N–H and O–H groups in total. The minimum Gasteiger partial charge on any atom is -0.362 e. The minimum atomic E-state index is 0.113. The lowest BCUT2D eigenvalue weighted by Gasteiger charge is -2.19. The van der Waals surface area contributed by atoms with Crippen molar-refractivity contribution in [1.29, 1.82) is 0 Å². The van der Waals surface area contributed by atoms with Gasteiger partial charge < -0.3 is 4.90 Å². The molecule has 3 aromatic rings. The van der Waals surface area contributed by atoms with Gasteiger partial charge in [0, 0.05) is 47.9 Å². The number of hydrogen-bond acceptors (Lipinski definition) is 4. The van der Waals surface area contributed by atoms with Crippen molar-refractivity contribution in [1.82, 2.24) is 14.6 Å². The highest BCUT2D eigenvalue weighted by molar-refractivity contribution is 9.10. The molecular formula is C18H19BrN4O. The fourth-order valence-corrected chi connectivity index (χ4v) is 3.24. The Bertz CT molecular complexity index is 930. The van der Waals surface area contributed by atoms with Gasteiger partial charge in [0.15, 0.2) is 5.65 Å². The summed E-state index contributed by atoms with van der Waals surface area (Å²) in [6, 6.07) is 9.99. The van der Waals surface area contributed by atoms with Crippen LogP contribution in [0.4, 0.5) is 5.82 Å². The van der Waals surface area contributed by atoms with Gasteiger partial charge in [0.1, 0.15) is 11.6 Å². The maximum absolute atomic E-state index is 11.7. The van der Waals surface area contributed by atoms with Crippen molar-refractivity contribution in [3.05, 3.63) is 46.1 Å². The molecule has 0 saturated heterocycles. The number of hydrogen-bond donors (Lipinski definition) is 0. The number of halogens is 1. The zero-order valence-electron chi connectivity index (χ0n) is 14.2. The summed E-state index contributed by atoms with van der Waals surface area (Å²) in [6.07, 6.45) is 0.356. The van der Waals surface area contributed by atoms with Gasteiger partial charge in [-0.3, -0.25) is 4.79 Å². The molecule has 0 spiro atoms. The first-order valence-electron chi connectivity index (χ1n) is 7.68. The first-order valence-corrected chi connectivity index (χ1v) is 8.48. The molecule has 0 unspecified atom stereocenters. The smallest absolute Gasteiger partial charge is 0.158 e. The molecule has 6 heteroatoms. The number of anilines is 1. The summed E-state index contributed by atoms with van der Waals surface area (Å²) in [7, 11) is 3.91. The number of carbonyl (C=O) groups is 1. The molecule has 0 bridgehead atoms. The Morgan fingerprint density at radius 1 is 1.29 bits per heavy atom. The Morgan fingerprint density at radius 3 is 2.67 bits per heavy atom. The van der Waals surface area contributed by atoms with E-state index in [-0.39, 0.29) is 5.78 Å². The Hall–Kier alpha value is -2.21. The van der Waals surface area contributed by atoms with Crippen LogP contribution in [0.15, 0.2) is 34.8 Å². The second kappa shape index (κ2) is 6.36. The first-order chi connectivity index (χ1) is 11.4. The van der Waals surface area contributed by atoms with E-state index in [1.165, 1.54) is 0 Å². The fourth-order valence-electron chi connectivity index (χ4n) is 2.84. The van der Waals surface area contributed by atoms with Crippen molar-refractivity contribution >= 4 is 33.2 Å². The molecule has 0 amide bonds. The van der Waals surface area contributed by atoms with Crippen LogP contribution >= 0.6 is 15.9 Å². The van der Waals surface area contributed by atoms with Crippen molar-refractivity contribution in [2.45, 2.75) is 20.3 Å². The Balaban J connectivity index is 2.25. The average molecular weight is 387 g/mol. The lowest BCUT2D eigenvalue weighted by atomic mass is 10.1. The zero-order valence-corrected chi connectivity index (χ0v) is 15.8. The molecule has 0 aliphatic rings. The van der Waals surface area contributed by atoms with E-state index < -0.39 is 0 Å². The third-order valence-electron chi connectivity index (χ3n) is 3.85. The molecule has 0 radical (unpaired) electrons. The highest BCUT2D eigenvalue weighted by atomic mass is 79.9. The highest BCUT2D eigenvalue weighted by Crippen LogP contribution is 2.28. The Labute approximate surface area is 149 Å². The van der Waals surface area contributed by atoms with Crippen LogP contribution in [0.25, 0.3) is 16.9 Å². The third-order valence-corrected chi connectivity index (χ3v) is 4.34. The van der Waals surface area contributed by atoms with Gasteiger partial charge in [-0.15, -0.1) is 0 Å². The molecule has 5 nitrogen and oxygen atoms in total. The maximum Gasteiger partial charge on any atom is 0.158 e. The molecule has 24 heavy (non-hydrogen) atoms. The SMILES string of the molecule is CC(=O)Cc1c(C)nc2cc(-c3cccc(Br)c3)nn2c1N(C)C. The van der Waals surface area contributed by atoms with Gasteiger partial charge in [0.05, 0.1) is 5.69 Å². The van der Waals surface area contributed by atoms with E-state index in [0.29, 0.717) is 6.42 Å². The number of carbonyl (C=O) groups excluding carboxylic acids is 1. The summed E-state index contributed by atoms with van der Waals surface area (Å²) in [6.45, 7) is 3.54. The molecule has 124 valence electrons. The van der Waals surface area contributed by atoms with E-state index in [9.17, 15) is 4.79 Å². The quantitative estimate of drug-likeness (QED) is 0.686. The number of ketones is 1. The van der Waals surface area contributed by atoms with Crippen LogP contribution in [0.1, 0.15) is 18.2 Å². The van der Waals surface area contributed by atoms with E-state index in [0.717, 1.165) is 38.5 Å². The predicted octanol–water partition coefficient (Wildman–Crippen LogP) is 3.66. The van der Waals surface area contributed by atoms with Crippen LogP contribution in [-0.4, -0.2) is 34.5 Å². The molecule has 1 aromatic carbocycles. The molecule has 2 heterocycles. The average Bonchev–Trinajstić information content (AvgIpc) is 2.90. The van der Waals surface area contributed by atoms with Gasteiger partial charge in [-0.1, -0.05) is 28.1 Å². The van der Waals surface area contributed by atoms with Gasteiger partial charge in [-0.2, -0.15) is 9.61 Å². The van der Waals surface area contributed by atoms with Crippen LogP contribution in [0.3, 0.4) is 0 Å². The largest absolute Gasteiger partial charge is 0.362 e. The molecule has 3 rings (SSSR count). The van der Waals surface area contributed by atoms with Crippen molar-refractivity contribution in [2.24, 2.45) is 0 Å². The van der Waals surface area contributed by atoms with E-state index in [4.69, 9.17) is 5.10 Å². The van der Waals surface area contributed by atoms with Crippen LogP contribution in [0.5, 0.6) is 0 Å². The van der Waals surface area contributed by atoms with E-state index in [2.05, 4.69) is 20.9 Å². The number of aryl methyl sites for hydroxylation is 1. The number of aromatic nitrogens is 3. The topological polar surface area (TPSA) is 50.5 Å². The number of nitrogens with zero attached hydrogens (tertiary/aromatic N) is 4. The van der Waals surface area contributed by atoms with Gasteiger partial charge >= 0.3 is 0 Å². The van der Waals surface area contributed by atoms with Crippen LogP contribution in [0.2, 0.25) is 0 Å². The van der Waals surface area contributed by atoms with Gasteiger partial charge in [0.25, 0.3) is 0 Å². The second-order valence-electron chi connectivity index (χ2n) is 6.08. The predicted molar refractivity (Wildman–Crippen MR) is 99.6 cm³/mol. The Morgan fingerprint density at radius 2 is 2.04 bits per heavy atom. The third kappa shape index (κ3) is 3.06. The van der Waals surface area contributed by atoms with Gasteiger partial charge in [-0.25, -0.2) is 4.98 Å². The molecule has 0 aliphatic carbocycles. The van der Waals surface area contributed by atoms with Crippen LogP contribution in [0, 0.1) is 6.92 Å². The normalized spacial score (nSPS) is 11.0. The lowest BCUT2D eigenvalue weighted by molar-refractivity contribution is -0.116. The number of benzene rings is 1. The Kier molecular flexibility index (Phi) is 4.41. The first kappa shape index (κ1) is 16.6. The number of rotatable bonds is 4. The van der Waals surface area contributed by atoms with Crippen LogP contribution < -0.4 is 4.90 Å². The summed E-state index contributed by atoms with van der Waals surface area (Å²) in [5.41, 5.74) is 4.43. The summed E-state index contributed by atoms with van der Waals surface area (Å²) in [4.78, 5) is 18.3. The summed E-state index contributed by atoms with van der Waals surface area (Å²) < 4.78 is 2.83. The minimum absolute atomic E-state index is 0.113. The molecular weight excluding hydrogens is 368 g/mol.